The number of ether oxygens (including phenoxy) is 1. The second-order valence-electron chi connectivity index (χ2n) is 4.24. The molecule has 88 valence electrons. The molecule has 0 amide bonds. The Balaban J connectivity index is 2.12. The molecule has 0 radical (unpaired) electrons. The van der Waals surface area contributed by atoms with Crippen LogP contribution >= 0.6 is 11.8 Å². The molecule has 16 heavy (non-hydrogen) atoms. The van der Waals surface area contributed by atoms with E-state index in [4.69, 9.17) is 4.74 Å². The molecule has 1 fully saturated rings. The van der Waals surface area contributed by atoms with E-state index >= 15 is 0 Å². The van der Waals surface area contributed by atoms with E-state index < -0.39 is 0 Å². The molecule has 2 rings (SSSR count). The van der Waals surface area contributed by atoms with Crippen LogP contribution in [-0.2, 0) is 6.42 Å². The van der Waals surface area contributed by atoms with Crippen LogP contribution in [0, 0.1) is 5.92 Å². The normalized spacial score (nSPS) is 20.0. The fraction of sp³-hybridized carbons (Fsp3) is 0.538. The van der Waals surface area contributed by atoms with Gasteiger partial charge in [-0.05, 0) is 55.8 Å². The van der Waals surface area contributed by atoms with Gasteiger partial charge in [0.05, 0.1) is 7.11 Å². The molecule has 1 atom stereocenters. The number of hydrogen-bond acceptors (Lipinski definition) is 3. The Morgan fingerprint density at radius 1 is 1.50 bits per heavy atom. The lowest BCUT2D eigenvalue weighted by Crippen LogP contribution is -2.11. The summed E-state index contributed by atoms with van der Waals surface area (Å²) in [6.07, 6.45) is 4.62. The first-order valence-corrected chi connectivity index (χ1v) is 6.97. The summed E-state index contributed by atoms with van der Waals surface area (Å²) in [5.41, 5.74) is 1.46. The summed E-state index contributed by atoms with van der Waals surface area (Å²) in [7, 11) is 1.72. The Morgan fingerprint density at radius 3 is 3.00 bits per heavy atom. The third kappa shape index (κ3) is 2.71. The zero-order valence-electron chi connectivity index (χ0n) is 9.95. The van der Waals surface area contributed by atoms with Crippen molar-refractivity contribution in [3.63, 3.8) is 0 Å². The maximum atomic E-state index is 5.26. The number of rotatable bonds is 4. The lowest BCUT2D eigenvalue weighted by Gasteiger charge is -2.13. The summed E-state index contributed by atoms with van der Waals surface area (Å²) >= 11 is 1.81. The van der Waals surface area contributed by atoms with Crippen molar-refractivity contribution in [2.24, 2.45) is 5.92 Å². The van der Waals surface area contributed by atoms with Crippen LogP contribution in [0.1, 0.15) is 12.0 Å². The Morgan fingerprint density at radius 2 is 2.38 bits per heavy atom. The number of benzene rings is 1. The highest BCUT2D eigenvalue weighted by atomic mass is 32.2. The van der Waals surface area contributed by atoms with Gasteiger partial charge in [0.1, 0.15) is 5.75 Å². The van der Waals surface area contributed by atoms with Crippen LogP contribution in [0.5, 0.6) is 5.75 Å². The fourth-order valence-electron chi connectivity index (χ4n) is 2.22. The minimum Gasteiger partial charge on any atom is -0.497 e. The number of nitrogens with one attached hydrogen (secondary N) is 1. The number of thioether (sulfide) groups is 1. The minimum absolute atomic E-state index is 0.805. The predicted molar refractivity (Wildman–Crippen MR) is 69.5 cm³/mol. The van der Waals surface area contributed by atoms with E-state index in [1.54, 1.807) is 7.11 Å². The highest BCUT2D eigenvalue weighted by Gasteiger charge is 2.16. The summed E-state index contributed by atoms with van der Waals surface area (Å²) < 4.78 is 5.26. The van der Waals surface area contributed by atoms with Gasteiger partial charge in [0.25, 0.3) is 0 Å². The first-order valence-electron chi connectivity index (χ1n) is 5.75. The molecule has 0 aromatic heterocycles. The molecule has 0 bridgehead atoms. The zero-order valence-corrected chi connectivity index (χ0v) is 10.8. The van der Waals surface area contributed by atoms with Gasteiger partial charge >= 0.3 is 0 Å². The number of hydrogen-bond donors (Lipinski definition) is 1. The summed E-state index contributed by atoms with van der Waals surface area (Å²) in [5.74, 6) is 1.76. The molecule has 1 heterocycles. The van der Waals surface area contributed by atoms with Gasteiger partial charge in [0.15, 0.2) is 0 Å². The third-order valence-corrected chi connectivity index (χ3v) is 3.99. The van der Waals surface area contributed by atoms with Gasteiger partial charge in [-0.25, -0.2) is 0 Å². The van der Waals surface area contributed by atoms with Crippen molar-refractivity contribution in [2.75, 3.05) is 26.5 Å². The molecule has 0 spiro atoms. The third-order valence-electron chi connectivity index (χ3n) is 3.17. The van der Waals surface area contributed by atoms with Gasteiger partial charge in [0.2, 0.25) is 0 Å². The summed E-state index contributed by atoms with van der Waals surface area (Å²) in [6, 6.07) is 6.42. The van der Waals surface area contributed by atoms with Crippen LogP contribution < -0.4 is 10.1 Å². The van der Waals surface area contributed by atoms with E-state index in [0.717, 1.165) is 11.7 Å². The van der Waals surface area contributed by atoms with Crippen molar-refractivity contribution in [3.8, 4) is 5.75 Å². The van der Waals surface area contributed by atoms with E-state index in [1.807, 2.05) is 11.8 Å². The van der Waals surface area contributed by atoms with Crippen LogP contribution in [0.2, 0.25) is 0 Å². The van der Waals surface area contributed by atoms with Crippen molar-refractivity contribution >= 4 is 11.8 Å². The van der Waals surface area contributed by atoms with Crippen molar-refractivity contribution in [1.29, 1.82) is 0 Å². The molecule has 1 aromatic rings. The van der Waals surface area contributed by atoms with Gasteiger partial charge in [-0.15, -0.1) is 11.8 Å². The molecule has 0 aliphatic carbocycles. The van der Waals surface area contributed by atoms with Gasteiger partial charge in [-0.1, -0.05) is 6.07 Å². The van der Waals surface area contributed by atoms with Crippen LogP contribution in [0.3, 0.4) is 0 Å². The van der Waals surface area contributed by atoms with E-state index in [-0.39, 0.29) is 0 Å². The van der Waals surface area contributed by atoms with Gasteiger partial charge in [0, 0.05) is 4.90 Å². The summed E-state index contributed by atoms with van der Waals surface area (Å²) in [4.78, 5) is 1.35. The molecule has 1 aromatic carbocycles. The molecule has 3 heteroatoms. The van der Waals surface area contributed by atoms with Crippen LogP contribution in [0.4, 0.5) is 0 Å². The standard InChI is InChI=1S/C13H19NOS/c1-15-12-4-3-11(13(8-12)16-2)7-10-5-6-14-9-10/h3-4,8,10,14H,5-7,9H2,1-2H3. The first kappa shape index (κ1) is 11.8. The smallest absolute Gasteiger partial charge is 0.119 e. The molecule has 1 N–H and O–H groups in total. The molecular formula is C13H19NOS. The molecule has 1 aliphatic heterocycles. The molecule has 1 saturated heterocycles. The summed E-state index contributed by atoms with van der Waals surface area (Å²) in [6.45, 7) is 2.34. The molecule has 1 aliphatic rings. The largest absolute Gasteiger partial charge is 0.497 e. The van der Waals surface area contributed by atoms with Crippen molar-refractivity contribution in [1.82, 2.24) is 5.32 Å². The quantitative estimate of drug-likeness (QED) is 0.813. The van der Waals surface area contributed by atoms with Crippen molar-refractivity contribution in [3.05, 3.63) is 23.8 Å². The second-order valence-corrected chi connectivity index (χ2v) is 5.09. The first-order chi connectivity index (χ1) is 7.83. The Labute approximate surface area is 102 Å². The molecule has 0 saturated carbocycles. The Hall–Kier alpha value is -0.670. The SMILES string of the molecule is COc1ccc(CC2CCNC2)c(SC)c1. The average Bonchev–Trinajstić information content (AvgIpc) is 2.82. The maximum absolute atomic E-state index is 5.26. The van der Waals surface area contributed by atoms with Crippen LogP contribution in [0.15, 0.2) is 23.1 Å². The molecule has 2 nitrogen and oxygen atoms in total. The minimum atomic E-state index is 0.805. The maximum Gasteiger partial charge on any atom is 0.119 e. The summed E-state index contributed by atoms with van der Waals surface area (Å²) in [5, 5.41) is 3.42. The molecule has 1 unspecified atom stereocenters. The van der Waals surface area contributed by atoms with Crippen LogP contribution in [-0.4, -0.2) is 26.5 Å². The van der Waals surface area contributed by atoms with Gasteiger partial charge in [-0.2, -0.15) is 0 Å². The second kappa shape index (κ2) is 5.60. The fourth-order valence-corrected chi connectivity index (χ4v) is 2.87. The average molecular weight is 237 g/mol. The van der Waals surface area contributed by atoms with Crippen molar-refractivity contribution < 1.29 is 4.74 Å². The lowest BCUT2D eigenvalue weighted by molar-refractivity contribution is 0.413. The highest BCUT2D eigenvalue weighted by Crippen LogP contribution is 2.28. The Bertz CT molecular complexity index is 348. The van der Waals surface area contributed by atoms with E-state index in [0.29, 0.717) is 0 Å². The monoisotopic (exact) mass is 237 g/mol. The van der Waals surface area contributed by atoms with Crippen molar-refractivity contribution in [2.45, 2.75) is 17.7 Å². The zero-order chi connectivity index (χ0) is 11.4. The van der Waals surface area contributed by atoms with E-state index in [9.17, 15) is 0 Å². The topological polar surface area (TPSA) is 21.3 Å². The highest BCUT2D eigenvalue weighted by molar-refractivity contribution is 7.98. The van der Waals surface area contributed by atoms with Gasteiger partial charge in [-0.3, -0.25) is 0 Å². The lowest BCUT2D eigenvalue weighted by atomic mass is 9.98. The van der Waals surface area contributed by atoms with E-state index in [1.165, 1.54) is 36.4 Å². The van der Waals surface area contributed by atoms with Crippen LogP contribution in [0.25, 0.3) is 0 Å². The number of methoxy groups -OCH3 is 1. The van der Waals surface area contributed by atoms with Gasteiger partial charge < -0.3 is 10.1 Å². The van der Waals surface area contributed by atoms with E-state index in [2.05, 4.69) is 29.8 Å². The predicted octanol–water partition coefficient (Wildman–Crippen LogP) is 2.57. The Kier molecular flexibility index (Phi) is 4.13. The molecular weight excluding hydrogens is 218 g/mol.